The zero-order valence-electron chi connectivity index (χ0n) is 12.1. The molecule has 24 heavy (non-hydrogen) atoms. The van der Waals surface area contributed by atoms with Crippen molar-refractivity contribution in [3.05, 3.63) is 35.4 Å². The Kier molecular flexibility index (Phi) is 3.91. The van der Waals surface area contributed by atoms with Crippen molar-refractivity contribution in [1.29, 1.82) is 0 Å². The Morgan fingerprint density at radius 3 is 2.71 bits per heavy atom. The predicted molar refractivity (Wildman–Crippen MR) is 75.8 cm³/mol. The van der Waals surface area contributed by atoms with Gasteiger partial charge in [0.2, 0.25) is 0 Å². The molecule has 0 aliphatic carbocycles. The Bertz CT molecular complexity index is 715. The van der Waals surface area contributed by atoms with Crippen molar-refractivity contribution >= 4 is 17.5 Å². The Morgan fingerprint density at radius 1 is 1.33 bits per heavy atom. The molecular weight excluding hydrogens is 329 g/mol. The molecule has 1 saturated heterocycles. The maximum atomic E-state index is 12.5. The van der Waals surface area contributed by atoms with Crippen LogP contribution in [0.5, 0.6) is 0 Å². The second-order valence-corrected chi connectivity index (χ2v) is 5.49. The summed E-state index contributed by atoms with van der Waals surface area (Å²) in [6.45, 7) is 0.896. The average Bonchev–Trinajstić information content (AvgIpc) is 2.95. The first-order valence-corrected chi connectivity index (χ1v) is 7.06. The number of aromatic nitrogens is 1. The smallest absolute Gasteiger partial charge is 0.433 e. The molecule has 0 bridgehead atoms. The minimum Gasteiger partial charge on any atom is -0.511 e. The summed E-state index contributed by atoms with van der Waals surface area (Å²) in [7, 11) is 0. The highest BCUT2D eigenvalue weighted by Crippen LogP contribution is 2.28. The summed E-state index contributed by atoms with van der Waals surface area (Å²) in [6.07, 6.45) is -3.75. The number of anilines is 1. The zero-order chi connectivity index (χ0) is 17.5. The van der Waals surface area contributed by atoms with Gasteiger partial charge in [0.25, 0.3) is 11.8 Å². The van der Waals surface area contributed by atoms with Gasteiger partial charge in [-0.1, -0.05) is 0 Å². The molecule has 128 valence electrons. The number of pyridine rings is 1. The SMILES string of the molecule is O=C(Nc1ccc(C(F)(F)F)nc1)C1=C(O)[C@@H]2CNC[C@H]2NC1=O. The van der Waals surface area contributed by atoms with Gasteiger partial charge in [0.1, 0.15) is 17.0 Å². The number of aliphatic hydroxyl groups excluding tert-OH is 1. The van der Waals surface area contributed by atoms with Gasteiger partial charge in [-0.2, -0.15) is 13.2 Å². The molecule has 0 spiro atoms. The van der Waals surface area contributed by atoms with Gasteiger partial charge in [0.05, 0.1) is 23.8 Å². The van der Waals surface area contributed by atoms with Crippen LogP contribution in [0.4, 0.5) is 18.9 Å². The molecule has 3 heterocycles. The highest BCUT2D eigenvalue weighted by atomic mass is 19.4. The van der Waals surface area contributed by atoms with Crippen molar-refractivity contribution in [3.63, 3.8) is 0 Å². The van der Waals surface area contributed by atoms with E-state index in [9.17, 15) is 27.9 Å². The average molecular weight is 342 g/mol. The molecule has 2 aliphatic rings. The molecule has 0 saturated carbocycles. The molecule has 0 unspecified atom stereocenters. The summed E-state index contributed by atoms with van der Waals surface area (Å²) in [5.41, 5.74) is -1.56. The lowest BCUT2D eigenvalue weighted by atomic mass is 9.92. The van der Waals surface area contributed by atoms with E-state index in [1.165, 1.54) is 0 Å². The molecule has 0 aromatic carbocycles. The van der Waals surface area contributed by atoms with Crippen LogP contribution in [0.15, 0.2) is 29.7 Å². The molecule has 2 aliphatic heterocycles. The number of alkyl halides is 3. The van der Waals surface area contributed by atoms with Gasteiger partial charge in [0.15, 0.2) is 0 Å². The third-order valence-electron chi connectivity index (χ3n) is 3.90. The number of hydrogen-bond donors (Lipinski definition) is 4. The monoisotopic (exact) mass is 342 g/mol. The lowest BCUT2D eigenvalue weighted by molar-refractivity contribution is -0.141. The van der Waals surface area contributed by atoms with Gasteiger partial charge in [-0.05, 0) is 12.1 Å². The summed E-state index contributed by atoms with van der Waals surface area (Å²) in [4.78, 5) is 27.4. The first-order chi connectivity index (χ1) is 11.3. The van der Waals surface area contributed by atoms with Crippen LogP contribution >= 0.6 is 0 Å². The summed E-state index contributed by atoms with van der Waals surface area (Å²) in [5.74, 6) is -2.37. The summed E-state index contributed by atoms with van der Waals surface area (Å²) in [6, 6.07) is 1.44. The van der Waals surface area contributed by atoms with E-state index in [1.54, 1.807) is 0 Å². The molecule has 10 heteroatoms. The second-order valence-electron chi connectivity index (χ2n) is 5.49. The Hall–Kier alpha value is -2.62. The van der Waals surface area contributed by atoms with Gasteiger partial charge in [-0.25, -0.2) is 4.98 Å². The number of carbonyl (C=O) groups is 2. The molecule has 1 aromatic heterocycles. The summed E-state index contributed by atoms with van der Waals surface area (Å²) < 4.78 is 37.4. The van der Waals surface area contributed by atoms with E-state index in [2.05, 4.69) is 20.9 Å². The summed E-state index contributed by atoms with van der Waals surface area (Å²) in [5, 5.41) is 18.0. The number of amides is 2. The molecule has 1 aromatic rings. The van der Waals surface area contributed by atoms with E-state index in [-0.39, 0.29) is 17.5 Å². The van der Waals surface area contributed by atoms with Gasteiger partial charge in [-0.15, -0.1) is 0 Å². The minimum absolute atomic E-state index is 0.0206. The fourth-order valence-corrected chi connectivity index (χ4v) is 2.71. The zero-order valence-corrected chi connectivity index (χ0v) is 12.1. The number of halogens is 3. The molecule has 3 rings (SSSR count). The maximum Gasteiger partial charge on any atom is 0.433 e. The highest BCUT2D eigenvalue weighted by molar-refractivity contribution is 6.23. The van der Waals surface area contributed by atoms with Crippen LogP contribution in [0.2, 0.25) is 0 Å². The third kappa shape index (κ3) is 2.92. The number of nitrogens with zero attached hydrogens (tertiary/aromatic N) is 1. The molecule has 4 N–H and O–H groups in total. The third-order valence-corrected chi connectivity index (χ3v) is 3.90. The van der Waals surface area contributed by atoms with Crippen molar-refractivity contribution < 1.29 is 27.9 Å². The van der Waals surface area contributed by atoms with Crippen LogP contribution in [0, 0.1) is 5.92 Å². The number of aliphatic hydroxyl groups is 1. The lowest BCUT2D eigenvalue weighted by Gasteiger charge is -2.26. The van der Waals surface area contributed by atoms with Gasteiger partial charge in [0, 0.05) is 13.1 Å². The van der Waals surface area contributed by atoms with Crippen molar-refractivity contribution in [1.82, 2.24) is 15.6 Å². The number of fused-ring (bicyclic) bond motifs is 1. The molecule has 2 amide bonds. The Balaban J connectivity index is 1.79. The van der Waals surface area contributed by atoms with Crippen molar-refractivity contribution in [2.75, 3.05) is 18.4 Å². The molecular formula is C14H13F3N4O3. The fourth-order valence-electron chi connectivity index (χ4n) is 2.71. The maximum absolute atomic E-state index is 12.5. The van der Waals surface area contributed by atoms with Crippen LogP contribution in [0.3, 0.4) is 0 Å². The molecule has 7 nitrogen and oxygen atoms in total. The van der Waals surface area contributed by atoms with Crippen LogP contribution < -0.4 is 16.0 Å². The number of carbonyl (C=O) groups excluding carboxylic acids is 2. The van der Waals surface area contributed by atoms with Crippen LogP contribution in [0.1, 0.15) is 5.69 Å². The van der Waals surface area contributed by atoms with Gasteiger partial charge >= 0.3 is 6.18 Å². The number of hydrogen-bond acceptors (Lipinski definition) is 5. The van der Waals surface area contributed by atoms with E-state index >= 15 is 0 Å². The van der Waals surface area contributed by atoms with E-state index in [4.69, 9.17) is 0 Å². The van der Waals surface area contributed by atoms with E-state index < -0.39 is 35.2 Å². The van der Waals surface area contributed by atoms with Gasteiger partial charge < -0.3 is 21.1 Å². The van der Waals surface area contributed by atoms with Gasteiger partial charge in [-0.3, -0.25) is 9.59 Å². The fraction of sp³-hybridized carbons (Fsp3) is 0.357. The number of nitrogens with one attached hydrogen (secondary N) is 3. The second kappa shape index (κ2) is 5.78. The van der Waals surface area contributed by atoms with Crippen LogP contribution in [-0.2, 0) is 15.8 Å². The topological polar surface area (TPSA) is 103 Å². The quantitative estimate of drug-likeness (QED) is 0.589. The normalized spacial score (nSPS) is 23.7. The molecule has 2 atom stereocenters. The molecule has 1 fully saturated rings. The Labute approximate surface area is 133 Å². The minimum atomic E-state index is -4.59. The van der Waals surface area contributed by atoms with E-state index in [0.29, 0.717) is 19.2 Å². The van der Waals surface area contributed by atoms with E-state index in [0.717, 1.165) is 12.3 Å². The van der Waals surface area contributed by atoms with Crippen molar-refractivity contribution in [2.45, 2.75) is 12.2 Å². The Morgan fingerprint density at radius 2 is 2.08 bits per heavy atom. The van der Waals surface area contributed by atoms with E-state index in [1.807, 2.05) is 0 Å². The van der Waals surface area contributed by atoms with Crippen molar-refractivity contribution in [2.24, 2.45) is 5.92 Å². The van der Waals surface area contributed by atoms with Crippen LogP contribution in [0.25, 0.3) is 0 Å². The van der Waals surface area contributed by atoms with Crippen LogP contribution in [-0.4, -0.2) is 41.0 Å². The standard InChI is InChI=1S/C14H13F3N4O3/c15-14(16,17)9-2-1-6(3-19-9)20-12(23)10-11(22)7-4-18-5-8(7)21-13(10)24/h1-3,7-8,18,22H,4-5H2,(H,20,23)(H,21,24)/t7-,8-/m1/s1. The first kappa shape index (κ1) is 16.2. The predicted octanol–water partition coefficient (Wildman–Crippen LogP) is 0.569. The largest absolute Gasteiger partial charge is 0.511 e. The van der Waals surface area contributed by atoms with Crippen molar-refractivity contribution in [3.8, 4) is 0 Å². The summed E-state index contributed by atoms with van der Waals surface area (Å²) >= 11 is 0. The molecule has 0 radical (unpaired) electrons. The lowest BCUT2D eigenvalue weighted by Crippen LogP contribution is -2.48. The highest BCUT2D eigenvalue weighted by Gasteiger charge is 2.41. The number of rotatable bonds is 2. The first-order valence-electron chi connectivity index (χ1n) is 7.06.